The molecular weight excluding hydrogens is 324 g/mol. The molecule has 1 aromatic heterocycles. The van der Waals surface area contributed by atoms with Crippen molar-refractivity contribution in [2.24, 2.45) is 0 Å². The number of anilines is 1. The van der Waals surface area contributed by atoms with Gasteiger partial charge in [0.15, 0.2) is 0 Å². The summed E-state index contributed by atoms with van der Waals surface area (Å²) in [7, 11) is 0. The molecule has 0 saturated heterocycles. The Kier molecular flexibility index (Phi) is 4.02. The van der Waals surface area contributed by atoms with Crippen LogP contribution < -0.4 is 5.73 Å². The Morgan fingerprint density at radius 3 is 2.23 bits per heavy atom. The van der Waals surface area contributed by atoms with Crippen LogP contribution in [0.15, 0.2) is 17.7 Å². The van der Waals surface area contributed by atoms with E-state index in [0.717, 1.165) is 39.0 Å². The summed E-state index contributed by atoms with van der Waals surface area (Å²) in [6.07, 6.45) is 1.96. The molecule has 26 heavy (non-hydrogen) atoms. The number of aromatic hydroxyl groups is 1. The van der Waals surface area contributed by atoms with E-state index >= 15 is 0 Å². The zero-order valence-electron chi connectivity index (χ0n) is 15.1. The Morgan fingerprint density at radius 1 is 1.08 bits per heavy atom. The van der Waals surface area contributed by atoms with Crippen LogP contribution >= 0.6 is 0 Å². The van der Waals surface area contributed by atoms with Crippen molar-refractivity contribution < 1.29 is 5.11 Å². The third kappa shape index (κ3) is 2.42. The number of hydrogen-bond acceptors (Lipinski definition) is 5. The number of fused-ring (bicyclic) bond motifs is 1. The highest BCUT2D eigenvalue weighted by molar-refractivity contribution is 6.08. The highest BCUT2D eigenvalue weighted by Gasteiger charge is 2.29. The molecule has 0 aliphatic heterocycles. The Labute approximate surface area is 152 Å². The van der Waals surface area contributed by atoms with E-state index in [9.17, 15) is 15.6 Å². The quantitative estimate of drug-likeness (QED) is 0.814. The van der Waals surface area contributed by atoms with Crippen LogP contribution in [-0.4, -0.2) is 10.1 Å². The molecule has 0 fully saturated rings. The van der Waals surface area contributed by atoms with Crippen LogP contribution in [-0.2, 0) is 0 Å². The van der Waals surface area contributed by atoms with Crippen LogP contribution in [0.2, 0.25) is 0 Å². The smallest absolute Gasteiger partial charge is 0.142 e. The molecule has 3 N–H and O–H groups in total. The third-order valence-corrected chi connectivity index (χ3v) is 4.81. The second-order valence-corrected chi connectivity index (χ2v) is 6.51. The van der Waals surface area contributed by atoms with E-state index in [1.54, 1.807) is 0 Å². The number of nitrogens with two attached hydrogens (primary N) is 1. The molecule has 0 atom stereocenters. The highest BCUT2D eigenvalue weighted by Crippen LogP contribution is 2.44. The lowest BCUT2D eigenvalue weighted by molar-refractivity contribution is 0.467. The average Bonchev–Trinajstić information content (AvgIpc) is 2.84. The van der Waals surface area contributed by atoms with Gasteiger partial charge < -0.3 is 10.8 Å². The number of rotatable bonds is 1. The fraction of sp³-hybridized carbons (Fsp3) is 0.190. The van der Waals surface area contributed by atoms with Crippen molar-refractivity contribution in [1.29, 1.82) is 10.5 Å². The predicted octanol–water partition coefficient (Wildman–Crippen LogP) is 4.02. The number of hydrogen-bond donors (Lipinski definition) is 2. The van der Waals surface area contributed by atoms with E-state index < -0.39 is 0 Å². The van der Waals surface area contributed by atoms with Crippen LogP contribution in [0.1, 0.15) is 46.0 Å². The zero-order chi connectivity index (χ0) is 19.2. The number of benzene rings is 1. The van der Waals surface area contributed by atoms with Crippen molar-refractivity contribution in [3.05, 3.63) is 56.8 Å². The normalized spacial score (nSPS) is 14.3. The fourth-order valence-corrected chi connectivity index (χ4v) is 3.43. The maximum atomic E-state index is 9.99. The van der Waals surface area contributed by atoms with Crippen LogP contribution in [0, 0.1) is 43.4 Å². The number of nitrogens with zero attached hydrogens (tertiary/aromatic N) is 3. The summed E-state index contributed by atoms with van der Waals surface area (Å²) in [4.78, 5) is 4.32. The maximum Gasteiger partial charge on any atom is 0.142 e. The van der Waals surface area contributed by atoms with Gasteiger partial charge in [0.25, 0.3) is 0 Å². The number of aromatic nitrogens is 1. The van der Waals surface area contributed by atoms with Crippen molar-refractivity contribution in [3.8, 4) is 17.9 Å². The van der Waals surface area contributed by atoms with Crippen LogP contribution in [0.3, 0.4) is 0 Å². The van der Waals surface area contributed by atoms with E-state index in [1.807, 2.05) is 45.9 Å². The van der Waals surface area contributed by atoms with Gasteiger partial charge in [0.1, 0.15) is 23.7 Å². The van der Waals surface area contributed by atoms with Gasteiger partial charge in [-0.05, 0) is 79.3 Å². The highest BCUT2D eigenvalue weighted by atomic mass is 16.3. The van der Waals surface area contributed by atoms with Gasteiger partial charge in [0.05, 0.1) is 16.8 Å². The molecule has 1 aromatic carbocycles. The minimum atomic E-state index is 0.141. The second kappa shape index (κ2) is 6.06. The zero-order valence-corrected chi connectivity index (χ0v) is 15.1. The summed E-state index contributed by atoms with van der Waals surface area (Å²) in [6, 6.07) is 8.08. The lowest BCUT2D eigenvalue weighted by Crippen LogP contribution is -2.03. The monoisotopic (exact) mass is 342 g/mol. The van der Waals surface area contributed by atoms with Crippen LogP contribution in [0.4, 0.5) is 5.82 Å². The largest absolute Gasteiger partial charge is 0.507 e. The first kappa shape index (κ1) is 17.3. The standard InChI is InChI=1S/C21H18N4O/c1-10-5-14(6-11(2)20(10)26)7-15-12(3)16(8-22)19-18(15)13(4)17(9-23)21(24)25-19/h5-7,26H,1-4H3,(H2,24,25). The molecule has 0 radical (unpaired) electrons. The molecule has 1 aliphatic rings. The predicted molar refractivity (Wildman–Crippen MR) is 102 cm³/mol. The van der Waals surface area contributed by atoms with Gasteiger partial charge in [-0.25, -0.2) is 4.98 Å². The van der Waals surface area contributed by atoms with Crippen molar-refractivity contribution in [2.75, 3.05) is 5.73 Å². The molecule has 0 saturated carbocycles. The van der Waals surface area contributed by atoms with Gasteiger partial charge in [-0.1, -0.05) is 0 Å². The first-order valence-electron chi connectivity index (χ1n) is 8.14. The lowest BCUT2D eigenvalue weighted by atomic mass is 9.94. The summed E-state index contributed by atoms with van der Waals surface area (Å²) >= 11 is 0. The van der Waals surface area contributed by atoms with E-state index in [4.69, 9.17) is 5.73 Å². The Bertz CT molecular complexity index is 1090. The summed E-state index contributed by atoms with van der Waals surface area (Å²) in [5.74, 6) is 0.420. The van der Waals surface area contributed by atoms with Gasteiger partial charge in [-0.3, -0.25) is 0 Å². The number of phenols is 1. The Balaban J connectivity index is 2.34. The molecule has 1 heterocycles. The van der Waals surface area contributed by atoms with Gasteiger partial charge >= 0.3 is 0 Å². The molecule has 5 heteroatoms. The number of nitriles is 2. The van der Waals surface area contributed by atoms with Gasteiger partial charge in [0, 0.05) is 5.56 Å². The summed E-state index contributed by atoms with van der Waals surface area (Å²) < 4.78 is 0. The minimum absolute atomic E-state index is 0.141. The molecule has 2 aromatic rings. The van der Waals surface area contributed by atoms with E-state index in [1.165, 1.54) is 0 Å². The van der Waals surface area contributed by atoms with E-state index in [-0.39, 0.29) is 11.6 Å². The third-order valence-electron chi connectivity index (χ3n) is 4.81. The Hall–Kier alpha value is -3.57. The molecule has 1 aliphatic carbocycles. The number of pyridine rings is 1. The number of allylic oxidation sites excluding steroid dienone is 3. The topological polar surface area (TPSA) is 107 Å². The molecular formula is C21H18N4O. The lowest BCUT2D eigenvalue weighted by Gasteiger charge is -2.11. The molecule has 0 spiro atoms. The number of phenolic OH excluding ortho intramolecular Hbond substituents is 1. The first-order chi connectivity index (χ1) is 12.3. The van der Waals surface area contributed by atoms with Crippen molar-refractivity contribution in [2.45, 2.75) is 27.7 Å². The molecule has 128 valence electrons. The molecule has 3 rings (SSSR count). The van der Waals surface area contributed by atoms with Gasteiger partial charge in [-0.2, -0.15) is 10.5 Å². The van der Waals surface area contributed by atoms with Crippen LogP contribution in [0.25, 0.3) is 17.2 Å². The maximum absolute atomic E-state index is 9.99. The number of nitrogen functional groups attached to an aromatic ring is 1. The molecule has 0 unspecified atom stereocenters. The summed E-state index contributed by atoms with van der Waals surface area (Å²) in [6.45, 7) is 7.38. The van der Waals surface area contributed by atoms with Crippen LogP contribution in [0.5, 0.6) is 5.75 Å². The van der Waals surface area contributed by atoms with Crippen molar-refractivity contribution in [1.82, 2.24) is 4.98 Å². The molecule has 0 bridgehead atoms. The Morgan fingerprint density at radius 2 is 1.69 bits per heavy atom. The summed E-state index contributed by atoms with van der Waals surface area (Å²) in [5, 5.41) is 29.0. The average molecular weight is 342 g/mol. The van der Waals surface area contributed by atoms with Gasteiger partial charge in [-0.15, -0.1) is 0 Å². The van der Waals surface area contributed by atoms with Gasteiger partial charge in [0.2, 0.25) is 0 Å². The minimum Gasteiger partial charge on any atom is -0.507 e. The molecule has 5 nitrogen and oxygen atoms in total. The summed E-state index contributed by atoms with van der Waals surface area (Å²) in [5.41, 5.74) is 12.8. The van der Waals surface area contributed by atoms with Crippen molar-refractivity contribution >= 4 is 23.0 Å². The number of aryl methyl sites for hydroxylation is 2. The first-order valence-corrected chi connectivity index (χ1v) is 8.14. The second-order valence-electron chi connectivity index (χ2n) is 6.51. The van der Waals surface area contributed by atoms with Crippen molar-refractivity contribution in [3.63, 3.8) is 0 Å². The van der Waals surface area contributed by atoms with E-state index in [2.05, 4.69) is 17.1 Å². The molecule has 0 amide bonds. The van der Waals surface area contributed by atoms with E-state index in [0.29, 0.717) is 16.8 Å². The fourth-order valence-electron chi connectivity index (χ4n) is 3.43. The SMILES string of the molecule is CC1=C(C#N)c2nc(N)c(C#N)c(C)c2C1=Cc1cc(C)c(O)c(C)c1.